The van der Waals surface area contributed by atoms with Gasteiger partial charge in [0.1, 0.15) is 102 Å². The Hall–Kier alpha value is -14.3. The summed E-state index contributed by atoms with van der Waals surface area (Å²) in [5, 5.41) is 10.8. The average Bonchev–Trinajstić information content (AvgIpc) is 1.55. The van der Waals surface area contributed by atoms with E-state index in [1.54, 1.807) is 48.5 Å². The van der Waals surface area contributed by atoms with Crippen molar-refractivity contribution >= 4 is 60.2 Å². The zero-order valence-corrected chi connectivity index (χ0v) is 63.0. The summed E-state index contributed by atoms with van der Waals surface area (Å²) in [5.74, 6) is -3.91. The SMILES string of the molecule is C=CC(=O)OCC(COC(=O)C=C)(COC(=O)C=C)COC(=O)NCc1cccc(CNC(=O)OCCOc2ccc(C3(c4ccc(OCCOC(=O)NCc5cccc(CNC(=O)OCC(COC(=O)C=C)(COC(=O)C=C)COC(=O)C=C)c5)c(-c5ccccc5)c4)c4ccccc4-c4ccccc43)cc2-c2ccccc2)c1. The van der Waals surface area contributed by atoms with Crippen LogP contribution in [-0.2, 0) is 108 Å². The van der Waals surface area contributed by atoms with Crippen molar-refractivity contribution in [3.8, 4) is 44.9 Å². The van der Waals surface area contributed by atoms with Gasteiger partial charge in [0.05, 0.1) is 5.41 Å². The molecular weight excluding hydrogens is 1480 g/mol. The Morgan fingerprint density at radius 1 is 0.287 bits per heavy atom. The fourth-order valence-corrected chi connectivity index (χ4v) is 12.3. The minimum Gasteiger partial charge on any atom is -0.489 e. The first-order valence-electron chi connectivity index (χ1n) is 36.1. The fourth-order valence-electron chi connectivity index (χ4n) is 12.3. The van der Waals surface area contributed by atoms with Gasteiger partial charge in [-0.25, -0.2) is 47.9 Å². The smallest absolute Gasteiger partial charge is 0.407 e. The molecule has 8 aromatic carbocycles. The zero-order chi connectivity index (χ0) is 82.0. The van der Waals surface area contributed by atoms with Gasteiger partial charge in [0, 0.05) is 73.8 Å². The molecule has 4 N–H and O–H groups in total. The van der Waals surface area contributed by atoms with E-state index in [9.17, 15) is 47.9 Å². The van der Waals surface area contributed by atoms with Crippen LogP contribution in [0.3, 0.4) is 0 Å². The fraction of sp³-hybridized carbons (Fsp3) is 0.213. The molecule has 1 aliphatic carbocycles. The second kappa shape index (κ2) is 42.2. The Kier molecular flexibility index (Phi) is 31.1. The zero-order valence-electron chi connectivity index (χ0n) is 63.0. The summed E-state index contributed by atoms with van der Waals surface area (Å²) in [5.41, 5.74) is 8.02. The van der Waals surface area contributed by atoms with Crippen molar-refractivity contribution in [1.29, 1.82) is 0 Å². The predicted molar refractivity (Wildman–Crippen MR) is 423 cm³/mol. The van der Waals surface area contributed by atoms with Crippen molar-refractivity contribution < 1.29 is 105 Å². The summed E-state index contributed by atoms with van der Waals surface area (Å²) in [4.78, 5) is 125. The minimum atomic E-state index is -1.53. The Balaban J connectivity index is 0.835. The maximum atomic E-state index is 13.2. The van der Waals surface area contributed by atoms with Gasteiger partial charge in [-0.05, 0) is 91.0 Å². The lowest BCUT2D eigenvalue weighted by Gasteiger charge is -2.35. The first kappa shape index (κ1) is 84.7. The molecule has 0 atom stereocenters. The van der Waals surface area contributed by atoms with Gasteiger partial charge in [-0.3, -0.25) is 0 Å². The molecule has 115 heavy (non-hydrogen) atoms. The molecular formula is C89H86N4O22. The second-order valence-corrected chi connectivity index (χ2v) is 26.0. The third-order valence-electron chi connectivity index (χ3n) is 18.0. The van der Waals surface area contributed by atoms with E-state index in [0.29, 0.717) is 33.8 Å². The lowest BCUT2D eigenvalue weighted by atomic mass is 9.67. The molecule has 0 heterocycles. The Bertz CT molecular complexity index is 4440. The van der Waals surface area contributed by atoms with Crippen LogP contribution < -0.4 is 30.7 Å². The summed E-state index contributed by atoms with van der Waals surface area (Å²) in [6, 6.07) is 62.7. The van der Waals surface area contributed by atoms with Crippen molar-refractivity contribution in [1.82, 2.24) is 21.3 Å². The number of alkyl carbamates (subject to hydrolysis) is 4. The van der Waals surface area contributed by atoms with Crippen LogP contribution in [0, 0.1) is 10.8 Å². The number of hydrogen-bond acceptors (Lipinski definition) is 22. The Morgan fingerprint density at radius 3 is 0.870 bits per heavy atom. The quantitative estimate of drug-likeness (QED) is 0.0119. The number of carbonyl (C=O) groups excluding carboxylic acids is 10. The largest absolute Gasteiger partial charge is 0.489 e. The highest BCUT2D eigenvalue weighted by Crippen LogP contribution is 2.57. The van der Waals surface area contributed by atoms with Crippen LogP contribution >= 0.6 is 0 Å². The summed E-state index contributed by atoms with van der Waals surface area (Å²) >= 11 is 0. The van der Waals surface area contributed by atoms with Gasteiger partial charge in [0.15, 0.2) is 0 Å². The first-order valence-corrected chi connectivity index (χ1v) is 36.1. The van der Waals surface area contributed by atoms with Crippen LogP contribution in [0.1, 0.15) is 44.5 Å². The Labute approximate surface area is 664 Å². The molecule has 0 radical (unpaired) electrons. The number of ether oxygens (including phenoxy) is 12. The normalized spacial score (nSPS) is 11.4. The molecule has 594 valence electrons. The van der Waals surface area contributed by atoms with Gasteiger partial charge in [0.25, 0.3) is 0 Å². The number of esters is 6. The molecule has 9 rings (SSSR count). The molecule has 0 saturated heterocycles. The van der Waals surface area contributed by atoms with E-state index in [1.165, 1.54) is 0 Å². The van der Waals surface area contributed by atoms with E-state index in [0.717, 1.165) is 92.1 Å². The molecule has 0 saturated carbocycles. The summed E-state index contributed by atoms with van der Waals surface area (Å²) < 4.78 is 66.4. The summed E-state index contributed by atoms with van der Waals surface area (Å²) in [6.45, 7) is 16.0. The first-order chi connectivity index (χ1) is 55.7. The van der Waals surface area contributed by atoms with Crippen LogP contribution in [0.15, 0.2) is 270 Å². The average molecular weight is 1560 g/mol. The lowest BCUT2D eigenvalue weighted by Crippen LogP contribution is -2.44. The number of rotatable bonds is 42. The monoisotopic (exact) mass is 1560 g/mol. The third-order valence-corrected chi connectivity index (χ3v) is 18.0. The molecule has 26 heteroatoms. The second-order valence-electron chi connectivity index (χ2n) is 26.0. The third kappa shape index (κ3) is 23.9. The number of carbonyl (C=O) groups is 10. The molecule has 0 aromatic heterocycles. The van der Waals surface area contributed by atoms with Crippen LogP contribution in [0.2, 0.25) is 0 Å². The number of fused-ring (bicyclic) bond motifs is 3. The minimum absolute atomic E-state index is 0.00917. The molecule has 8 aromatic rings. The number of benzene rings is 8. The topological polar surface area (TPSA) is 330 Å². The van der Waals surface area contributed by atoms with Crippen LogP contribution in [0.25, 0.3) is 33.4 Å². The molecule has 1 aliphatic rings. The molecule has 0 aliphatic heterocycles. The van der Waals surface area contributed by atoms with Gasteiger partial charge in [-0.1, -0.05) is 209 Å². The number of amides is 4. The van der Waals surface area contributed by atoms with Crippen LogP contribution in [0.4, 0.5) is 19.2 Å². The van der Waals surface area contributed by atoms with E-state index >= 15 is 0 Å². The van der Waals surface area contributed by atoms with Crippen molar-refractivity contribution in [2.45, 2.75) is 31.6 Å². The molecule has 0 unspecified atom stereocenters. The van der Waals surface area contributed by atoms with E-state index in [1.807, 2.05) is 97.1 Å². The highest BCUT2D eigenvalue weighted by Gasteiger charge is 2.47. The van der Waals surface area contributed by atoms with Gasteiger partial charge < -0.3 is 78.1 Å². The van der Waals surface area contributed by atoms with Crippen LogP contribution in [-0.4, -0.2) is 139 Å². The van der Waals surface area contributed by atoms with Crippen LogP contribution in [0.5, 0.6) is 11.5 Å². The maximum Gasteiger partial charge on any atom is 0.407 e. The van der Waals surface area contributed by atoms with E-state index < -0.39 is 129 Å². The highest BCUT2D eigenvalue weighted by molar-refractivity contribution is 5.89. The summed E-state index contributed by atoms with van der Waals surface area (Å²) in [7, 11) is 0. The van der Waals surface area contributed by atoms with Gasteiger partial charge in [-0.15, -0.1) is 0 Å². The van der Waals surface area contributed by atoms with Gasteiger partial charge in [0.2, 0.25) is 0 Å². The standard InChI is InChI=1S/C89H86N4O22/c1-7-77(94)108-53-87(54-109-78(95)8-2,55-110-79(96)9-3)59-114-85(102)92-51-63-27-23-25-61(45-63)49-90-83(100)106-43-41-104-75-39-37-67(47-71(75)65-29-15-13-16-30-65)89(73-35-21-19-33-69(73)70-34-20-22-36-74(70)89)68-38-40-76(72(48-68)66-31-17-14-18-32-66)105-42-44-107-84(101)91-50-62-26-24-28-64(46-62)52-93-86(103)115-60-88(56-111-80(97)10-4,57-112-81(98)11-5)58-113-82(99)12-6/h7-40,45-48H,1-6,41-44,49-60H2,(H,90,100)(H,91,101)(H,92,102)(H,93,103). The van der Waals surface area contributed by atoms with Crippen molar-refractivity contribution in [3.63, 3.8) is 0 Å². The van der Waals surface area contributed by atoms with Crippen molar-refractivity contribution in [2.24, 2.45) is 10.8 Å². The maximum absolute atomic E-state index is 13.2. The van der Waals surface area contributed by atoms with E-state index in [2.05, 4.69) is 109 Å². The van der Waals surface area contributed by atoms with Crippen molar-refractivity contribution in [3.05, 3.63) is 315 Å². The van der Waals surface area contributed by atoms with E-state index in [-0.39, 0.29) is 52.6 Å². The molecule has 0 fully saturated rings. The molecule has 4 amide bonds. The molecule has 0 bridgehead atoms. The number of nitrogens with one attached hydrogen (secondary N) is 4. The van der Waals surface area contributed by atoms with E-state index in [4.69, 9.17) is 56.8 Å². The van der Waals surface area contributed by atoms with Crippen molar-refractivity contribution in [2.75, 3.05) is 79.3 Å². The molecule has 26 nitrogen and oxygen atoms in total. The Morgan fingerprint density at radius 2 is 0.565 bits per heavy atom. The highest BCUT2D eigenvalue weighted by atomic mass is 16.6. The van der Waals surface area contributed by atoms with Gasteiger partial charge >= 0.3 is 60.2 Å². The predicted octanol–water partition coefficient (Wildman–Crippen LogP) is 12.8. The number of hydrogen-bond donors (Lipinski definition) is 4. The lowest BCUT2D eigenvalue weighted by molar-refractivity contribution is -0.161. The summed E-state index contributed by atoms with van der Waals surface area (Å²) in [6.07, 6.45) is 2.21. The van der Waals surface area contributed by atoms with Gasteiger partial charge in [-0.2, -0.15) is 0 Å². The molecule has 0 spiro atoms.